The molecule has 1 atom stereocenters. The van der Waals surface area contributed by atoms with Gasteiger partial charge in [0.2, 0.25) is 0 Å². The van der Waals surface area contributed by atoms with Crippen LogP contribution in [0.1, 0.15) is 19.3 Å². The van der Waals surface area contributed by atoms with Crippen LogP contribution in [0.15, 0.2) is 0 Å². The van der Waals surface area contributed by atoms with Gasteiger partial charge in [-0.15, -0.1) is 0 Å². The van der Waals surface area contributed by atoms with Crippen molar-refractivity contribution in [3.05, 3.63) is 0 Å². The topological polar surface area (TPSA) is 74.7 Å². The van der Waals surface area contributed by atoms with Crippen molar-refractivity contribution in [1.29, 1.82) is 0 Å². The van der Waals surface area contributed by atoms with Gasteiger partial charge in [-0.2, -0.15) is 11.8 Å². The van der Waals surface area contributed by atoms with Crippen molar-refractivity contribution < 1.29 is 18.3 Å². The maximum atomic E-state index is 11.6. The summed E-state index contributed by atoms with van der Waals surface area (Å²) in [6.45, 7) is 0.496. The Bertz CT molecular complexity index is 403. The van der Waals surface area contributed by atoms with Crippen LogP contribution in [-0.4, -0.2) is 66.0 Å². The molecule has 104 valence electrons. The lowest BCUT2D eigenvalue weighted by molar-refractivity contribution is -0.138. The number of sulfone groups is 1. The highest BCUT2D eigenvalue weighted by molar-refractivity contribution is 7.99. The van der Waals surface area contributed by atoms with Gasteiger partial charge in [0, 0.05) is 18.6 Å². The minimum absolute atomic E-state index is 0.00292. The second-order valence-corrected chi connectivity index (χ2v) is 8.40. The van der Waals surface area contributed by atoms with E-state index in [9.17, 15) is 13.2 Å². The van der Waals surface area contributed by atoms with Crippen LogP contribution < -0.4 is 0 Å². The Kier molecular flexibility index (Phi) is 4.55. The summed E-state index contributed by atoms with van der Waals surface area (Å²) < 4.78 is 23.3. The molecule has 0 radical (unpaired) electrons. The van der Waals surface area contributed by atoms with Crippen molar-refractivity contribution >= 4 is 27.6 Å². The lowest BCUT2D eigenvalue weighted by Crippen LogP contribution is -2.54. The van der Waals surface area contributed by atoms with Gasteiger partial charge < -0.3 is 5.11 Å². The number of hydrogen-bond acceptors (Lipinski definition) is 5. The first-order chi connectivity index (χ1) is 8.48. The van der Waals surface area contributed by atoms with E-state index in [1.165, 1.54) is 0 Å². The smallest absolute Gasteiger partial charge is 0.304 e. The van der Waals surface area contributed by atoms with Gasteiger partial charge in [0.05, 0.1) is 17.9 Å². The second-order valence-electron chi connectivity index (χ2n) is 4.95. The summed E-state index contributed by atoms with van der Waals surface area (Å²) >= 11 is 1.92. The predicted octanol–water partition coefficient (Wildman–Crippen LogP) is 0.456. The average molecular weight is 293 g/mol. The van der Waals surface area contributed by atoms with Crippen LogP contribution in [0.4, 0.5) is 0 Å². The molecule has 0 spiro atoms. The fourth-order valence-electron chi connectivity index (χ4n) is 2.77. The first-order valence-corrected chi connectivity index (χ1v) is 9.21. The molecule has 7 heteroatoms. The Morgan fingerprint density at radius 2 is 2.00 bits per heavy atom. The van der Waals surface area contributed by atoms with Gasteiger partial charge in [0.1, 0.15) is 0 Å². The van der Waals surface area contributed by atoms with E-state index in [1.54, 1.807) is 0 Å². The molecule has 1 unspecified atom stereocenters. The van der Waals surface area contributed by atoms with E-state index in [0.29, 0.717) is 12.6 Å². The fraction of sp³-hybridized carbons (Fsp3) is 0.909. The molecule has 2 aliphatic heterocycles. The van der Waals surface area contributed by atoms with Crippen molar-refractivity contribution in [2.24, 2.45) is 0 Å². The molecule has 2 fully saturated rings. The van der Waals surface area contributed by atoms with Gasteiger partial charge in [0.25, 0.3) is 0 Å². The van der Waals surface area contributed by atoms with Crippen LogP contribution in [0.2, 0.25) is 0 Å². The number of carboxylic acid groups (broad SMARTS) is 1. The van der Waals surface area contributed by atoms with Gasteiger partial charge in [-0.25, -0.2) is 8.42 Å². The van der Waals surface area contributed by atoms with E-state index >= 15 is 0 Å². The lowest BCUT2D eigenvalue weighted by atomic mass is 10.1. The largest absolute Gasteiger partial charge is 0.481 e. The Morgan fingerprint density at radius 1 is 1.33 bits per heavy atom. The van der Waals surface area contributed by atoms with Gasteiger partial charge in [-0.1, -0.05) is 0 Å². The highest BCUT2D eigenvalue weighted by Crippen LogP contribution is 2.26. The molecule has 18 heavy (non-hydrogen) atoms. The zero-order valence-electron chi connectivity index (χ0n) is 10.2. The molecule has 0 amide bonds. The van der Waals surface area contributed by atoms with Crippen LogP contribution in [0, 0.1) is 0 Å². The molecular formula is C11H19NO4S2. The van der Waals surface area contributed by atoms with E-state index in [2.05, 4.69) is 4.90 Å². The third-order valence-electron chi connectivity index (χ3n) is 3.65. The van der Waals surface area contributed by atoms with Crippen molar-refractivity contribution in [2.75, 3.05) is 29.6 Å². The van der Waals surface area contributed by atoms with E-state index < -0.39 is 15.8 Å². The molecule has 2 rings (SSSR count). The maximum Gasteiger partial charge on any atom is 0.304 e. The van der Waals surface area contributed by atoms with Crippen LogP contribution in [0.3, 0.4) is 0 Å². The number of hydrogen-bond donors (Lipinski definition) is 1. The number of rotatable bonds is 3. The van der Waals surface area contributed by atoms with E-state index in [4.69, 9.17) is 5.11 Å². The molecule has 0 saturated carbocycles. The SMILES string of the molecule is O=C(O)CC1CS(=O)(=O)CCN1C1CCSCC1. The maximum absolute atomic E-state index is 11.6. The Labute approximate surface area is 112 Å². The first kappa shape index (κ1) is 14.1. The Balaban J connectivity index is 2.08. The highest BCUT2D eigenvalue weighted by Gasteiger charge is 2.36. The van der Waals surface area contributed by atoms with Crippen molar-refractivity contribution in [2.45, 2.75) is 31.3 Å². The number of aliphatic carboxylic acids is 1. The van der Waals surface area contributed by atoms with Crippen molar-refractivity contribution in [3.63, 3.8) is 0 Å². The summed E-state index contributed by atoms with van der Waals surface area (Å²) in [4.78, 5) is 13.0. The zero-order chi connectivity index (χ0) is 13.2. The molecule has 2 saturated heterocycles. The highest BCUT2D eigenvalue weighted by atomic mass is 32.2. The van der Waals surface area contributed by atoms with Gasteiger partial charge in [0.15, 0.2) is 9.84 Å². The van der Waals surface area contributed by atoms with E-state index in [1.807, 2.05) is 11.8 Å². The normalized spacial score (nSPS) is 30.1. The van der Waals surface area contributed by atoms with Gasteiger partial charge in [-0.05, 0) is 24.3 Å². The fourth-order valence-corrected chi connectivity index (χ4v) is 5.41. The first-order valence-electron chi connectivity index (χ1n) is 6.23. The van der Waals surface area contributed by atoms with Gasteiger partial charge >= 0.3 is 5.97 Å². The zero-order valence-corrected chi connectivity index (χ0v) is 11.9. The van der Waals surface area contributed by atoms with Crippen LogP contribution in [-0.2, 0) is 14.6 Å². The summed E-state index contributed by atoms with van der Waals surface area (Å²) in [6, 6.07) is 0.0282. The number of carboxylic acids is 1. The summed E-state index contributed by atoms with van der Waals surface area (Å²) in [6.07, 6.45) is 2.02. The molecule has 0 aromatic carbocycles. The predicted molar refractivity (Wildman–Crippen MR) is 71.7 cm³/mol. The monoisotopic (exact) mass is 293 g/mol. The van der Waals surface area contributed by atoms with Crippen LogP contribution in [0.25, 0.3) is 0 Å². The quantitative estimate of drug-likeness (QED) is 0.814. The molecule has 0 bridgehead atoms. The molecular weight excluding hydrogens is 274 g/mol. The summed E-state index contributed by atoms with van der Waals surface area (Å²) in [5.41, 5.74) is 0. The van der Waals surface area contributed by atoms with Crippen LogP contribution in [0.5, 0.6) is 0 Å². The standard InChI is InChI=1S/C11H19NO4S2/c13-11(14)7-10-8-18(15,16)6-3-12(10)9-1-4-17-5-2-9/h9-10H,1-8H2,(H,13,14). The third kappa shape index (κ3) is 3.61. The van der Waals surface area contributed by atoms with E-state index in [-0.39, 0.29) is 24.0 Å². The minimum Gasteiger partial charge on any atom is -0.481 e. The summed E-state index contributed by atoms with van der Waals surface area (Å²) in [5.74, 6) is 1.45. The molecule has 2 aliphatic rings. The number of carbonyl (C=O) groups is 1. The van der Waals surface area contributed by atoms with Crippen LogP contribution >= 0.6 is 11.8 Å². The molecule has 0 aromatic rings. The number of thioether (sulfide) groups is 1. The Morgan fingerprint density at radius 3 is 2.61 bits per heavy atom. The van der Waals surface area contributed by atoms with Crippen molar-refractivity contribution in [3.8, 4) is 0 Å². The summed E-state index contributed by atoms with van der Waals surface area (Å²) in [5, 5.41) is 8.93. The molecule has 5 nitrogen and oxygen atoms in total. The molecule has 0 aromatic heterocycles. The lowest BCUT2D eigenvalue weighted by Gasteiger charge is -2.41. The Hall–Kier alpha value is -0.270. The average Bonchev–Trinajstić information content (AvgIpc) is 2.28. The van der Waals surface area contributed by atoms with Gasteiger partial charge in [-0.3, -0.25) is 9.69 Å². The molecule has 0 aliphatic carbocycles. The minimum atomic E-state index is -3.06. The molecule has 1 N–H and O–H groups in total. The number of nitrogens with zero attached hydrogens (tertiary/aromatic N) is 1. The summed E-state index contributed by atoms with van der Waals surface area (Å²) in [7, 11) is -3.06. The molecule has 2 heterocycles. The third-order valence-corrected chi connectivity index (χ3v) is 6.39. The second kappa shape index (κ2) is 5.79. The van der Waals surface area contributed by atoms with E-state index in [0.717, 1.165) is 24.3 Å². The van der Waals surface area contributed by atoms with Crippen molar-refractivity contribution in [1.82, 2.24) is 4.90 Å².